The van der Waals surface area contributed by atoms with Crippen LogP contribution < -0.4 is 16.0 Å². The van der Waals surface area contributed by atoms with E-state index in [0.717, 1.165) is 24.3 Å². The second-order valence-corrected chi connectivity index (χ2v) is 6.59. The molecule has 1 heterocycles. The first-order chi connectivity index (χ1) is 13.2. The van der Waals surface area contributed by atoms with Gasteiger partial charge in [0.25, 0.3) is 0 Å². The molecule has 3 rings (SSSR count). The fourth-order valence-electron chi connectivity index (χ4n) is 2.91. The maximum atomic E-state index is 13.5. The number of anilines is 2. The normalized spacial score (nSPS) is 19.5. The van der Waals surface area contributed by atoms with Crippen LogP contribution in [0.15, 0.2) is 48.5 Å². The number of nitrogens with two attached hydrogens (primary N) is 1. The maximum absolute atomic E-state index is 13.5. The molecule has 5 nitrogen and oxygen atoms in total. The smallest absolute Gasteiger partial charge is 0.379 e. The van der Waals surface area contributed by atoms with Crippen molar-refractivity contribution in [3.63, 3.8) is 0 Å². The van der Waals surface area contributed by atoms with Gasteiger partial charge in [0.05, 0.1) is 6.61 Å². The van der Waals surface area contributed by atoms with Crippen molar-refractivity contribution in [3.8, 4) is 0 Å². The van der Waals surface area contributed by atoms with Gasteiger partial charge in [0.15, 0.2) is 0 Å². The average molecular weight is 397 g/mol. The molecule has 1 aliphatic rings. The van der Waals surface area contributed by atoms with Gasteiger partial charge in [-0.15, -0.1) is 13.2 Å². The summed E-state index contributed by atoms with van der Waals surface area (Å²) < 4.78 is 58.7. The summed E-state index contributed by atoms with van der Waals surface area (Å²) in [5, 5.41) is 2.68. The number of amides is 1. The number of carbonyl (C=O) groups is 1. The number of carbonyl (C=O) groups excluding carboxylic acids is 1. The third kappa shape index (κ3) is 4.42. The number of hydrogen-bond acceptors (Lipinski definition) is 4. The fraction of sp³-hybridized carbons (Fsp3) is 0.316. The zero-order valence-corrected chi connectivity index (χ0v) is 14.8. The van der Waals surface area contributed by atoms with Crippen molar-refractivity contribution in [3.05, 3.63) is 59.9 Å². The van der Waals surface area contributed by atoms with Crippen LogP contribution in [0.25, 0.3) is 0 Å². The van der Waals surface area contributed by atoms with Gasteiger partial charge in [-0.25, -0.2) is 4.39 Å². The number of nitrogens with one attached hydrogen (secondary N) is 1. The first-order valence-corrected chi connectivity index (χ1v) is 8.55. The molecule has 1 saturated heterocycles. The molecule has 1 amide bonds. The molecular formula is C19H19F4N3O2. The van der Waals surface area contributed by atoms with Gasteiger partial charge in [0.1, 0.15) is 11.4 Å². The van der Waals surface area contributed by atoms with Gasteiger partial charge >= 0.3 is 6.30 Å². The summed E-state index contributed by atoms with van der Waals surface area (Å²) >= 11 is 0. The molecule has 9 heteroatoms. The Hall–Kier alpha value is -2.65. The number of rotatable bonds is 5. The lowest BCUT2D eigenvalue weighted by Gasteiger charge is -2.27. The Morgan fingerprint density at radius 1 is 1.11 bits per heavy atom. The third-order valence-electron chi connectivity index (χ3n) is 4.49. The van der Waals surface area contributed by atoms with Gasteiger partial charge in [0.2, 0.25) is 5.91 Å². The summed E-state index contributed by atoms with van der Waals surface area (Å²) in [7, 11) is 0. The highest BCUT2D eigenvalue weighted by atomic mass is 19.4. The number of ether oxygens (including phenoxy) is 1. The van der Waals surface area contributed by atoms with Crippen molar-refractivity contribution in [2.45, 2.75) is 24.8 Å². The van der Waals surface area contributed by atoms with Crippen LogP contribution in [0.1, 0.15) is 12.0 Å². The molecule has 0 spiro atoms. The monoisotopic (exact) mass is 397 g/mol. The minimum Gasteiger partial charge on any atom is -0.379 e. The predicted molar refractivity (Wildman–Crippen MR) is 95.2 cm³/mol. The Balaban J connectivity index is 1.72. The van der Waals surface area contributed by atoms with Crippen LogP contribution in [-0.4, -0.2) is 31.0 Å². The average Bonchev–Trinajstić information content (AvgIpc) is 3.09. The molecule has 3 N–H and O–H groups in total. The number of alkyl halides is 3. The van der Waals surface area contributed by atoms with E-state index in [9.17, 15) is 22.4 Å². The van der Waals surface area contributed by atoms with Gasteiger partial charge < -0.3 is 15.8 Å². The van der Waals surface area contributed by atoms with Crippen molar-refractivity contribution in [2.24, 2.45) is 5.73 Å². The minimum absolute atomic E-state index is 0.126. The molecule has 150 valence electrons. The van der Waals surface area contributed by atoms with Crippen molar-refractivity contribution < 1.29 is 27.1 Å². The summed E-state index contributed by atoms with van der Waals surface area (Å²) in [5.41, 5.74) is 5.16. The Labute approximate surface area is 159 Å². The van der Waals surface area contributed by atoms with Crippen LogP contribution in [0.3, 0.4) is 0 Å². The molecule has 0 bridgehead atoms. The van der Waals surface area contributed by atoms with Crippen LogP contribution in [0.4, 0.5) is 28.9 Å². The Morgan fingerprint density at radius 3 is 2.18 bits per heavy atom. The van der Waals surface area contributed by atoms with Crippen molar-refractivity contribution in [1.29, 1.82) is 0 Å². The summed E-state index contributed by atoms with van der Waals surface area (Å²) in [6, 6.07) is 9.58. The Kier molecular flexibility index (Phi) is 5.57. The molecule has 1 atom stereocenters. The van der Waals surface area contributed by atoms with Crippen LogP contribution in [0.2, 0.25) is 0 Å². The first kappa shape index (κ1) is 20.1. The SMILES string of the molecule is N[C@@]1(C(=O)NCc2ccc(N(c3ccc(F)cc3)C(F)(F)F)cc2)CCOC1. The first-order valence-electron chi connectivity index (χ1n) is 8.55. The zero-order valence-electron chi connectivity index (χ0n) is 14.8. The second kappa shape index (κ2) is 7.76. The van der Waals surface area contributed by atoms with E-state index in [1.54, 1.807) is 0 Å². The van der Waals surface area contributed by atoms with E-state index >= 15 is 0 Å². The molecule has 0 unspecified atom stereocenters. The predicted octanol–water partition coefficient (Wildman–Crippen LogP) is 3.22. The summed E-state index contributed by atoms with van der Waals surface area (Å²) in [6.07, 6.45) is -4.28. The summed E-state index contributed by atoms with van der Waals surface area (Å²) in [4.78, 5) is 12.3. The lowest BCUT2D eigenvalue weighted by atomic mass is 9.99. The minimum atomic E-state index is -4.69. The molecule has 0 aromatic heterocycles. The van der Waals surface area contributed by atoms with E-state index in [2.05, 4.69) is 5.32 Å². The van der Waals surface area contributed by atoms with Crippen LogP contribution in [-0.2, 0) is 16.1 Å². The van der Waals surface area contributed by atoms with Crippen LogP contribution in [0, 0.1) is 5.82 Å². The number of nitrogens with zero attached hydrogens (tertiary/aromatic N) is 1. The number of halogens is 4. The molecule has 0 aliphatic carbocycles. The van der Waals surface area contributed by atoms with E-state index in [4.69, 9.17) is 10.5 Å². The van der Waals surface area contributed by atoms with Gasteiger partial charge in [-0.05, 0) is 48.4 Å². The highest BCUT2D eigenvalue weighted by Gasteiger charge is 2.39. The summed E-state index contributed by atoms with van der Waals surface area (Å²) in [5.74, 6) is -0.986. The summed E-state index contributed by atoms with van der Waals surface area (Å²) in [6.45, 7) is 0.673. The molecule has 0 saturated carbocycles. The third-order valence-corrected chi connectivity index (χ3v) is 4.49. The molecule has 1 fully saturated rings. The van der Waals surface area contributed by atoms with Gasteiger partial charge in [0, 0.05) is 24.5 Å². The highest BCUT2D eigenvalue weighted by molar-refractivity contribution is 5.86. The number of hydrogen-bond donors (Lipinski definition) is 2. The van der Waals surface area contributed by atoms with Gasteiger partial charge in [-0.2, -0.15) is 0 Å². The molecule has 28 heavy (non-hydrogen) atoms. The Bertz CT molecular complexity index is 817. The number of benzene rings is 2. The van der Waals surface area contributed by atoms with Crippen molar-refractivity contribution >= 4 is 17.3 Å². The lowest BCUT2D eigenvalue weighted by molar-refractivity contribution is -0.126. The van der Waals surface area contributed by atoms with Crippen molar-refractivity contribution in [1.82, 2.24) is 5.32 Å². The quantitative estimate of drug-likeness (QED) is 0.601. The van der Waals surface area contributed by atoms with Crippen LogP contribution >= 0.6 is 0 Å². The standard InChI is InChI=1S/C19H19F4N3O2/c20-14-3-7-16(8-4-14)26(19(21,22)23)15-5-1-13(2-6-15)11-25-17(27)18(24)9-10-28-12-18/h1-8H,9-12,24H2,(H,25,27)/t18-/m0/s1. The lowest BCUT2D eigenvalue weighted by Crippen LogP contribution is -2.54. The van der Waals surface area contributed by atoms with E-state index in [-0.39, 0.29) is 35.3 Å². The zero-order chi connectivity index (χ0) is 20.4. The second-order valence-electron chi connectivity index (χ2n) is 6.59. The Morgan fingerprint density at radius 2 is 1.68 bits per heavy atom. The van der Waals surface area contributed by atoms with E-state index < -0.39 is 17.7 Å². The van der Waals surface area contributed by atoms with E-state index in [1.165, 1.54) is 24.3 Å². The van der Waals surface area contributed by atoms with Crippen LogP contribution in [0.5, 0.6) is 0 Å². The maximum Gasteiger partial charge on any atom is 0.489 e. The molecule has 2 aromatic carbocycles. The van der Waals surface area contributed by atoms with E-state index in [1.807, 2.05) is 0 Å². The van der Waals surface area contributed by atoms with Crippen molar-refractivity contribution in [2.75, 3.05) is 18.1 Å². The molecular weight excluding hydrogens is 378 g/mol. The van der Waals surface area contributed by atoms with E-state index in [0.29, 0.717) is 18.6 Å². The highest BCUT2D eigenvalue weighted by Crippen LogP contribution is 2.36. The largest absolute Gasteiger partial charge is 0.489 e. The topological polar surface area (TPSA) is 67.6 Å². The fourth-order valence-corrected chi connectivity index (χ4v) is 2.91. The van der Waals surface area contributed by atoms with Gasteiger partial charge in [-0.1, -0.05) is 12.1 Å². The molecule has 2 aromatic rings. The van der Waals surface area contributed by atoms with Gasteiger partial charge in [-0.3, -0.25) is 9.69 Å². The molecule has 0 radical (unpaired) electrons. The molecule has 1 aliphatic heterocycles.